The maximum atomic E-state index is 13.1. The number of nitro groups is 1. The van der Waals surface area contributed by atoms with Crippen molar-refractivity contribution in [3.8, 4) is 0 Å². The van der Waals surface area contributed by atoms with E-state index >= 15 is 0 Å². The van der Waals surface area contributed by atoms with E-state index in [2.05, 4.69) is 33.5 Å². The standard InChI is InChI=1S/C28H31N5O4/c1-18-12-19(2)14-21(13-18)16-30-28(35)24-17-29-20(3)31-27(24)22-8-10-32(11-9-22)26(34)15-23-6-4-5-7-25(23)33(36)37/h4-7,12-14,17,22H,8-11,15-16H2,1-3H3,(H,30,35). The maximum absolute atomic E-state index is 13.1. The molecular weight excluding hydrogens is 470 g/mol. The van der Waals surface area contributed by atoms with Crippen LogP contribution >= 0.6 is 0 Å². The van der Waals surface area contributed by atoms with Gasteiger partial charge in [-0.2, -0.15) is 0 Å². The lowest BCUT2D eigenvalue weighted by Gasteiger charge is -2.32. The first kappa shape index (κ1) is 25.9. The Bertz CT molecular complexity index is 1310. The highest BCUT2D eigenvalue weighted by Gasteiger charge is 2.29. The average molecular weight is 502 g/mol. The van der Waals surface area contributed by atoms with Crippen molar-refractivity contribution in [2.24, 2.45) is 0 Å². The summed E-state index contributed by atoms with van der Waals surface area (Å²) >= 11 is 0. The number of carbonyl (C=O) groups excluding carboxylic acids is 2. The normalized spacial score (nSPS) is 13.9. The zero-order valence-electron chi connectivity index (χ0n) is 21.4. The third-order valence-electron chi connectivity index (χ3n) is 6.68. The number of benzene rings is 2. The van der Waals surface area contributed by atoms with Gasteiger partial charge in [0.25, 0.3) is 11.6 Å². The Morgan fingerprint density at radius 2 is 1.76 bits per heavy atom. The van der Waals surface area contributed by atoms with Gasteiger partial charge >= 0.3 is 0 Å². The minimum absolute atomic E-state index is 0.0128. The van der Waals surface area contributed by atoms with Gasteiger partial charge in [-0.05, 0) is 39.2 Å². The molecule has 0 radical (unpaired) electrons. The van der Waals surface area contributed by atoms with Crippen molar-refractivity contribution >= 4 is 17.5 Å². The molecule has 37 heavy (non-hydrogen) atoms. The van der Waals surface area contributed by atoms with Gasteiger partial charge < -0.3 is 10.2 Å². The summed E-state index contributed by atoms with van der Waals surface area (Å²) in [5.74, 6) is 0.247. The lowest BCUT2D eigenvalue weighted by molar-refractivity contribution is -0.385. The maximum Gasteiger partial charge on any atom is 0.273 e. The van der Waals surface area contributed by atoms with Gasteiger partial charge in [0.15, 0.2) is 0 Å². The fraction of sp³-hybridized carbons (Fsp3) is 0.357. The summed E-state index contributed by atoms with van der Waals surface area (Å²) in [5.41, 5.74) is 4.85. The van der Waals surface area contributed by atoms with Crippen LogP contribution in [0.15, 0.2) is 48.7 Å². The number of rotatable bonds is 7. The third-order valence-corrected chi connectivity index (χ3v) is 6.68. The molecule has 1 saturated heterocycles. The SMILES string of the molecule is Cc1cc(C)cc(CNC(=O)c2cnc(C)nc2C2CCN(C(=O)Cc3ccccc3[N+](=O)[O-])CC2)c1. The molecule has 2 amide bonds. The number of amides is 2. The van der Waals surface area contributed by atoms with Gasteiger partial charge in [-0.15, -0.1) is 0 Å². The number of nitrogens with zero attached hydrogens (tertiary/aromatic N) is 4. The molecule has 3 aromatic rings. The van der Waals surface area contributed by atoms with Crippen molar-refractivity contribution in [3.05, 3.63) is 98.1 Å². The van der Waals surface area contributed by atoms with Crippen molar-refractivity contribution in [3.63, 3.8) is 0 Å². The van der Waals surface area contributed by atoms with E-state index in [0.717, 1.165) is 16.7 Å². The molecule has 1 aromatic heterocycles. The summed E-state index contributed by atoms with van der Waals surface area (Å²) in [6, 6.07) is 12.5. The summed E-state index contributed by atoms with van der Waals surface area (Å²) in [6.07, 6.45) is 2.87. The van der Waals surface area contributed by atoms with Crippen LogP contribution in [-0.2, 0) is 17.8 Å². The minimum atomic E-state index is -0.459. The number of carbonyl (C=O) groups is 2. The van der Waals surface area contributed by atoms with Crippen LogP contribution < -0.4 is 5.32 Å². The molecular formula is C28H31N5O4. The first-order valence-electron chi connectivity index (χ1n) is 12.4. The van der Waals surface area contributed by atoms with E-state index in [9.17, 15) is 19.7 Å². The van der Waals surface area contributed by atoms with Gasteiger partial charge in [-0.1, -0.05) is 47.5 Å². The molecule has 1 N–H and O–H groups in total. The van der Waals surface area contributed by atoms with Crippen LogP contribution in [0.5, 0.6) is 0 Å². The van der Waals surface area contributed by atoms with Crippen molar-refractivity contribution in [2.75, 3.05) is 13.1 Å². The summed E-state index contributed by atoms with van der Waals surface area (Å²) in [6.45, 7) is 7.26. The number of aromatic nitrogens is 2. The first-order valence-corrected chi connectivity index (χ1v) is 12.4. The molecule has 1 fully saturated rings. The smallest absolute Gasteiger partial charge is 0.273 e. The fourth-order valence-electron chi connectivity index (χ4n) is 4.94. The molecule has 192 valence electrons. The van der Waals surface area contributed by atoms with Crippen LogP contribution in [0, 0.1) is 30.9 Å². The molecule has 0 unspecified atom stereocenters. The number of nitrogens with one attached hydrogen (secondary N) is 1. The Hall–Kier alpha value is -4.14. The summed E-state index contributed by atoms with van der Waals surface area (Å²) in [7, 11) is 0. The Labute approximate surface area is 216 Å². The third kappa shape index (κ3) is 6.35. The quantitative estimate of drug-likeness (QED) is 0.383. The molecule has 1 aliphatic rings. The number of likely N-dealkylation sites (tertiary alicyclic amines) is 1. The van der Waals surface area contributed by atoms with E-state index in [1.165, 1.54) is 6.07 Å². The van der Waals surface area contributed by atoms with Crippen LogP contribution in [0.4, 0.5) is 5.69 Å². The second-order valence-electron chi connectivity index (χ2n) is 9.61. The van der Waals surface area contributed by atoms with E-state index in [0.29, 0.717) is 55.1 Å². The number of piperidine rings is 1. The van der Waals surface area contributed by atoms with Crippen molar-refractivity contribution < 1.29 is 14.5 Å². The Morgan fingerprint density at radius 1 is 1.08 bits per heavy atom. The zero-order chi connectivity index (χ0) is 26.5. The van der Waals surface area contributed by atoms with E-state index in [4.69, 9.17) is 0 Å². The second-order valence-corrected chi connectivity index (χ2v) is 9.61. The van der Waals surface area contributed by atoms with Crippen LogP contribution in [-0.4, -0.2) is 44.7 Å². The van der Waals surface area contributed by atoms with Crippen molar-refractivity contribution in [1.29, 1.82) is 0 Å². The fourth-order valence-corrected chi connectivity index (χ4v) is 4.94. The average Bonchev–Trinajstić information content (AvgIpc) is 2.87. The molecule has 2 heterocycles. The number of hydrogen-bond donors (Lipinski definition) is 1. The second kappa shape index (κ2) is 11.3. The lowest BCUT2D eigenvalue weighted by atomic mass is 9.90. The lowest BCUT2D eigenvalue weighted by Crippen LogP contribution is -2.39. The molecule has 0 saturated carbocycles. The Morgan fingerprint density at radius 3 is 2.43 bits per heavy atom. The van der Waals surface area contributed by atoms with Crippen LogP contribution in [0.25, 0.3) is 0 Å². The highest BCUT2D eigenvalue weighted by Crippen LogP contribution is 2.30. The van der Waals surface area contributed by atoms with Gasteiger partial charge in [0.05, 0.1) is 22.6 Å². The van der Waals surface area contributed by atoms with Crippen LogP contribution in [0.1, 0.15) is 62.9 Å². The molecule has 0 bridgehead atoms. The molecule has 9 nitrogen and oxygen atoms in total. The van der Waals surface area contributed by atoms with E-state index in [1.807, 2.05) is 13.8 Å². The number of hydrogen-bond acceptors (Lipinski definition) is 6. The highest BCUT2D eigenvalue weighted by molar-refractivity contribution is 5.95. The van der Waals surface area contributed by atoms with E-state index < -0.39 is 4.92 Å². The van der Waals surface area contributed by atoms with Gasteiger partial charge in [0, 0.05) is 43.4 Å². The van der Waals surface area contributed by atoms with Crippen LogP contribution in [0.3, 0.4) is 0 Å². The molecule has 0 atom stereocenters. The predicted molar refractivity (Wildman–Crippen MR) is 139 cm³/mol. The zero-order valence-corrected chi connectivity index (χ0v) is 21.4. The minimum Gasteiger partial charge on any atom is -0.348 e. The highest BCUT2D eigenvalue weighted by atomic mass is 16.6. The molecule has 0 aliphatic carbocycles. The van der Waals surface area contributed by atoms with Crippen molar-refractivity contribution in [1.82, 2.24) is 20.2 Å². The molecule has 1 aliphatic heterocycles. The predicted octanol–water partition coefficient (Wildman–Crippen LogP) is 4.19. The number of para-hydroxylation sites is 1. The molecule has 9 heteroatoms. The van der Waals surface area contributed by atoms with E-state index in [1.54, 1.807) is 36.2 Å². The van der Waals surface area contributed by atoms with E-state index in [-0.39, 0.29) is 29.8 Å². The molecule has 4 rings (SSSR count). The molecule has 0 spiro atoms. The Kier molecular flexibility index (Phi) is 7.91. The van der Waals surface area contributed by atoms with Gasteiger partial charge in [0.2, 0.25) is 5.91 Å². The summed E-state index contributed by atoms with van der Waals surface area (Å²) < 4.78 is 0. The van der Waals surface area contributed by atoms with Gasteiger partial charge in [-0.3, -0.25) is 19.7 Å². The monoisotopic (exact) mass is 501 g/mol. The van der Waals surface area contributed by atoms with Crippen molar-refractivity contribution in [2.45, 2.75) is 52.5 Å². The topological polar surface area (TPSA) is 118 Å². The summed E-state index contributed by atoms with van der Waals surface area (Å²) in [4.78, 5) is 47.5. The summed E-state index contributed by atoms with van der Waals surface area (Å²) in [5, 5.41) is 14.3. The van der Waals surface area contributed by atoms with Gasteiger partial charge in [-0.25, -0.2) is 9.97 Å². The number of nitro benzene ring substituents is 1. The molecule has 2 aromatic carbocycles. The first-order chi connectivity index (χ1) is 17.7. The largest absolute Gasteiger partial charge is 0.348 e. The van der Waals surface area contributed by atoms with Gasteiger partial charge in [0.1, 0.15) is 5.82 Å². The Balaban J connectivity index is 1.41. The number of aryl methyl sites for hydroxylation is 3. The van der Waals surface area contributed by atoms with Crippen LogP contribution in [0.2, 0.25) is 0 Å².